The van der Waals surface area contributed by atoms with Crippen LogP contribution >= 0.6 is 0 Å². The van der Waals surface area contributed by atoms with Gasteiger partial charge in [-0.2, -0.15) is 0 Å². The predicted octanol–water partition coefficient (Wildman–Crippen LogP) is 2.27. The molecule has 1 N–H and O–H groups in total. The number of hydrogen-bond acceptors (Lipinski definition) is 4. The first-order valence-corrected chi connectivity index (χ1v) is 6.82. The van der Waals surface area contributed by atoms with Crippen molar-refractivity contribution in [2.24, 2.45) is 0 Å². The van der Waals surface area contributed by atoms with Gasteiger partial charge in [-0.25, -0.2) is 9.78 Å². The van der Waals surface area contributed by atoms with Crippen LogP contribution in [0.25, 0.3) is 6.08 Å². The SMILES string of the molecule is O=[C]CN(C(=O)C=Cc1ccccc1)C(=O)Nc1ccccn1. The fourth-order valence-corrected chi connectivity index (χ4v) is 1.75. The molecule has 6 nitrogen and oxygen atoms in total. The molecule has 0 atom stereocenters. The zero-order valence-corrected chi connectivity index (χ0v) is 12.2. The Morgan fingerprint density at radius 1 is 1.13 bits per heavy atom. The Morgan fingerprint density at radius 2 is 1.87 bits per heavy atom. The van der Waals surface area contributed by atoms with Crippen LogP contribution in [0.5, 0.6) is 0 Å². The van der Waals surface area contributed by atoms with Gasteiger partial charge in [0.15, 0.2) is 0 Å². The molecule has 0 saturated carbocycles. The molecule has 0 fully saturated rings. The molecule has 0 aliphatic heterocycles. The van der Waals surface area contributed by atoms with Crippen molar-refractivity contribution in [3.63, 3.8) is 0 Å². The Kier molecular flexibility index (Phi) is 5.76. The summed E-state index contributed by atoms with van der Waals surface area (Å²) in [5.41, 5.74) is 0.806. The average molecular weight is 308 g/mol. The van der Waals surface area contributed by atoms with E-state index in [0.717, 1.165) is 10.5 Å². The predicted molar refractivity (Wildman–Crippen MR) is 86.1 cm³/mol. The molecule has 115 valence electrons. The Morgan fingerprint density at radius 3 is 2.52 bits per heavy atom. The minimum atomic E-state index is -0.741. The number of nitrogens with zero attached hydrogens (tertiary/aromatic N) is 2. The lowest BCUT2D eigenvalue weighted by Crippen LogP contribution is -2.40. The molecule has 23 heavy (non-hydrogen) atoms. The maximum absolute atomic E-state index is 12.1. The van der Waals surface area contributed by atoms with E-state index in [9.17, 15) is 14.4 Å². The Hall–Kier alpha value is -3.28. The third-order valence-electron chi connectivity index (χ3n) is 2.85. The largest absolute Gasteiger partial charge is 0.330 e. The highest BCUT2D eigenvalue weighted by Crippen LogP contribution is 2.05. The van der Waals surface area contributed by atoms with Crippen molar-refractivity contribution in [1.82, 2.24) is 9.88 Å². The topological polar surface area (TPSA) is 79.4 Å². The van der Waals surface area contributed by atoms with Crippen LogP contribution in [0.3, 0.4) is 0 Å². The molecule has 0 aliphatic carbocycles. The maximum atomic E-state index is 12.1. The first-order valence-electron chi connectivity index (χ1n) is 6.82. The van der Waals surface area contributed by atoms with Gasteiger partial charge in [0, 0.05) is 12.3 Å². The van der Waals surface area contributed by atoms with Crippen LogP contribution in [0, 0.1) is 0 Å². The number of amides is 3. The summed E-state index contributed by atoms with van der Waals surface area (Å²) < 4.78 is 0. The lowest BCUT2D eigenvalue weighted by atomic mass is 10.2. The van der Waals surface area contributed by atoms with Crippen molar-refractivity contribution >= 4 is 30.1 Å². The van der Waals surface area contributed by atoms with Crippen molar-refractivity contribution < 1.29 is 14.4 Å². The van der Waals surface area contributed by atoms with Gasteiger partial charge in [0.05, 0.1) is 6.54 Å². The van der Waals surface area contributed by atoms with Crippen molar-refractivity contribution in [2.45, 2.75) is 0 Å². The van der Waals surface area contributed by atoms with Crippen molar-refractivity contribution in [1.29, 1.82) is 0 Å². The van der Waals surface area contributed by atoms with Crippen molar-refractivity contribution in [2.75, 3.05) is 11.9 Å². The smallest absolute Gasteiger partial charge is 0.292 e. The number of pyridine rings is 1. The highest BCUT2D eigenvalue weighted by molar-refractivity contribution is 6.07. The number of nitrogens with one attached hydrogen (secondary N) is 1. The Labute approximate surface area is 133 Å². The van der Waals surface area contributed by atoms with Crippen LogP contribution < -0.4 is 5.32 Å². The summed E-state index contributed by atoms with van der Waals surface area (Å²) in [6.45, 7) is -0.462. The first kappa shape index (κ1) is 16.1. The van der Waals surface area contributed by atoms with Crippen LogP contribution in [-0.2, 0) is 9.59 Å². The molecule has 0 saturated heterocycles. The molecule has 2 aromatic rings. The summed E-state index contributed by atoms with van der Waals surface area (Å²) in [6, 6.07) is 13.4. The Balaban J connectivity index is 2.07. The summed E-state index contributed by atoms with van der Waals surface area (Å²) in [5, 5.41) is 2.45. The van der Waals surface area contributed by atoms with E-state index in [2.05, 4.69) is 10.3 Å². The first-order chi connectivity index (χ1) is 11.2. The Bertz CT molecular complexity index is 700. The molecule has 6 heteroatoms. The lowest BCUT2D eigenvalue weighted by molar-refractivity contribution is -0.122. The van der Waals surface area contributed by atoms with Gasteiger partial charge >= 0.3 is 6.03 Å². The van der Waals surface area contributed by atoms with Crippen LogP contribution in [-0.4, -0.2) is 34.7 Å². The molecule has 2 rings (SSSR count). The highest BCUT2D eigenvalue weighted by atomic mass is 16.2. The summed E-state index contributed by atoms with van der Waals surface area (Å²) in [7, 11) is 0. The summed E-state index contributed by atoms with van der Waals surface area (Å²) in [4.78, 5) is 39.5. The molecule has 1 heterocycles. The van der Waals surface area contributed by atoms with Gasteiger partial charge in [0.25, 0.3) is 5.91 Å². The fraction of sp³-hybridized carbons (Fsp3) is 0.0588. The fourth-order valence-electron chi connectivity index (χ4n) is 1.75. The number of imide groups is 1. The van der Waals surface area contributed by atoms with Crippen molar-refractivity contribution in [3.05, 3.63) is 66.4 Å². The van der Waals surface area contributed by atoms with Crippen LogP contribution in [0.15, 0.2) is 60.8 Å². The number of urea groups is 1. The molecule has 0 bridgehead atoms. The van der Waals surface area contributed by atoms with Crippen LogP contribution in [0.1, 0.15) is 5.56 Å². The monoisotopic (exact) mass is 308 g/mol. The van der Waals surface area contributed by atoms with E-state index in [-0.39, 0.29) is 5.82 Å². The molecule has 0 aliphatic rings. The molecule has 0 unspecified atom stereocenters. The summed E-state index contributed by atoms with van der Waals surface area (Å²) in [6.07, 6.45) is 5.85. The second kappa shape index (κ2) is 8.23. The van der Waals surface area contributed by atoms with E-state index >= 15 is 0 Å². The van der Waals surface area contributed by atoms with Gasteiger partial charge < -0.3 is 0 Å². The zero-order chi connectivity index (χ0) is 16.5. The maximum Gasteiger partial charge on any atom is 0.330 e. The normalized spacial score (nSPS) is 10.3. The van der Waals surface area contributed by atoms with E-state index in [1.165, 1.54) is 12.3 Å². The van der Waals surface area contributed by atoms with E-state index in [1.54, 1.807) is 30.6 Å². The third kappa shape index (κ3) is 4.89. The number of benzene rings is 1. The van der Waals surface area contributed by atoms with E-state index in [1.807, 2.05) is 30.3 Å². The van der Waals surface area contributed by atoms with Gasteiger partial charge in [0.1, 0.15) is 5.82 Å². The molecular weight excluding hydrogens is 294 g/mol. The van der Waals surface area contributed by atoms with Crippen molar-refractivity contribution in [3.8, 4) is 0 Å². The molecular formula is C17H14N3O3. The lowest BCUT2D eigenvalue weighted by Gasteiger charge is -2.16. The minimum absolute atomic E-state index is 0.285. The van der Waals surface area contributed by atoms with Gasteiger partial charge in [-0.05, 0) is 23.8 Å². The van der Waals surface area contributed by atoms with Gasteiger partial charge in [-0.1, -0.05) is 36.4 Å². The minimum Gasteiger partial charge on any atom is -0.292 e. The van der Waals surface area contributed by atoms with Gasteiger partial charge in [-0.3, -0.25) is 19.8 Å². The highest BCUT2D eigenvalue weighted by Gasteiger charge is 2.19. The third-order valence-corrected chi connectivity index (χ3v) is 2.85. The van der Waals surface area contributed by atoms with Gasteiger partial charge in [0.2, 0.25) is 6.29 Å². The number of rotatable bonds is 5. The number of anilines is 1. The second-order valence-electron chi connectivity index (χ2n) is 4.46. The van der Waals surface area contributed by atoms with Crippen LogP contribution in [0.4, 0.5) is 10.6 Å². The quantitative estimate of drug-likeness (QED) is 0.859. The van der Waals surface area contributed by atoms with Gasteiger partial charge in [-0.15, -0.1) is 0 Å². The zero-order valence-electron chi connectivity index (χ0n) is 12.2. The molecule has 1 aromatic carbocycles. The standard InChI is InChI=1S/C17H14N3O3/c21-13-12-20(17(23)19-15-8-4-5-11-18-15)16(22)10-9-14-6-2-1-3-7-14/h1-11H,12H2,(H,18,19,23). The molecule has 1 radical (unpaired) electrons. The van der Waals surface area contributed by atoms with Crippen LogP contribution in [0.2, 0.25) is 0 Å². The second-order valence-corrected chi connectivity index (χ2v) is 4.46. The number of aromatic nitrogens is 1. The van der Waals surface area contributed by atoms with E-state index in [0.29, 0.717) is 0 Å². The molecule has 1 aromatic heterocycles. The molecule has 0 spiro atoms. The summed E-state index contributed by atoms with van der Waals surface area (Å²) in [5.74, 6) is -0.334. The average Bonchev–Trinajstić information content (AvgIpc) is 2.59. The summed E-state index contributed by atoms with van der Waals surface area (Å²) >= 11 is 0. The van der Waals surface area contributed by atoms with E-state index in [4.69, 9.17) is 0 Å². The number of carbonyl (C=O) groups excluding carboxylic acids is 3. The number of carbonyl (C=O) groups is 2. The number of hydrogen-bond donors (Lipinski definition) is 1. The van der Waals surface area contributed by atoms with E-state index < -0.39 is 18.5 Å². The molecule has 3 amide bonds.